The van der Waals surface area contributed by atoms with Crippen LogP contribution >= 0.6 is 0 Å². The molecule has 1 aliphatic heterocycles. The highest BCUT2D eigenvalue weighted by Crippen LogP contribution is 2.13. The lowest BCUT2D eigenvalue weighted by molar-refractivity contribution is 0.0762. The summed E-state index contributed by atoms with van der Waals surface area (Å²) in [7, 11) is 0. The number of carbonyl (C=O) groups is 2. The molecule has 25 heavy (non-hydrogen) atoms. The van der Waals surface area contributed by atoms with Crippen LogP contribution in [0.2, 0.25) is 0 Å². The number of rotatable bonds is 2. The summed E-state index contributed by atoms with van der Waals surface area (Å²) in [5, 5.41) is 3.09. The fourth-order valence-electron chi connectivity index (χ4n) is 3.29. The Morgan fingerprint density at radius 2 is 1.72 bits per heavy atom. The first-order valence-corrected chi connectivity index (χ1v) is 8.89. The van der Waals surface area contributed by atoms with Gasteiger partial charge in [0.15, 0.2) is 0 Å². The Kier molecular flexibility index (Phi) is 5.68. The monoisotopic (exact) mass is 345 g/mol. The first-order chi connectivity index (χ1) is 12.1. The van der Waals surface area contributed by atoms with Crippen molar-refractivity contribution < 1.29 is 14.0 Å². The fraction of sp³-hybridized carbons (Fsp3) is 0.474. The first kappa shape index (κ1) is 17.5. The van der Waals surface area contributed by atoms with Crippen molar-refractivity contribution in [2.24, 2.45) is 0 Å². The van der Waals surface area contributed by atoms with Crippen LogP contribution in [0.4, 0.5) is 9.18 Å². The summed E-state index contributed by atoms with van der Waals surface area (Å²) in [6, 6.07) is 5.76. The number of urea groups is 1. The van der Waals surface area contributed by atoms with Gasteiger partial charge in [-0.05, 0) is 49.9 Å². The van der Waals surface area contributed by atoms with Crippen molar-refractivity contribution in [2.45, 2.75) is 31.7 Å². The van der Waals surface area contributed by atoms with Gasteiger partial charge in [-0.25, -0.2) is 9.18 Å². The second-order valence-corrected chi connectivity index (χ2v) is 6.57. The number of nitrogens with one attached hydrogen (secondary N) is 1. The molecule has 5 nitrogen and oxygen atoms in total. The molecule has 6 heteroatoms. The topological polar surface area (TPSA) is 52.7 Å². The van der Waals surface area contributed by atoms with Gasteiger partial charge >= 0.3 is 6.03 Å². The molecule has 0 spiro atoms. The predicted octanol–water partition coefficient (Wildman–Crippen LogP) is 2.79. The van der Waals surface area contributed by atoms with Gasteiger partial charge < -0.3 is 15.1 Å². The minimum absolute atomic E-state index is 0.0450. The van der Waals surface area contributed by atoms with Gasteiger partial charge in [-0.1, -0.05) is 12.2 Å². The van der Waals surface area contributed by atoms with Gasteiger partial charge in [0.05, 0.1) is 0 Å². The molecule has 0 unspecified atom stereocenters. The van der Waals surface area contributed by atoms with Crippen molar-refractivity contribution in [1.82, 2.24) is 15.1 Å². The van der Waals surface area contributed by atoms with Crippen LogP contribution in [-0.2, 0) is 0 Å². The molecular weight excluding hydrogens is 321 g/mol. The molecule has 0 radical (unpaired) electrons. The lowest BCUT2D eigenvalue weighted by atomic mass is 10.0. The van der Waals surface area contributed by atoms with Crippen LogP contribution in [0.5, 0.6) is 0 Å². The van der Waals surface area contributed by atoms with Crippen LogP contribution in [0.1, 0.15) is 36.0 Å². The van der Waals surface area contributed by atoms with Crippen molar-refractivity contribution in [3.63, 3.8) is 0 Å². The summed E-state index contributed by atoms with van der Waals surface area (Å²) >= 11 is 0. The molecule has 1 atom stereocenters. The van der Waals surface area contributed by atoms with Crippen LogP contribution in [0.15, 0.2) is 36.4 Å². The maximum absolute atomic E-state index is 13.0. The second kappa shape index (κ2) is 8.14. The number of hydrogen-bond acceptors (Lipinski definition) is 2. The molecule has 1 fully saturated rings. The van der Waals surface area contributed by atoms with Gasteiger partial charge in [0.25, 0.3) is 5.91 Å². The zero-order valence-electron chi connectivity index (χ0n) is 14.3. The molecule has 1 aromatic rings. The fourth-order valence-corrected chi connectivity index (χ4v) is 3.29. The SMILES string of the molecule is O=C(N[C@H]1CC=CCC1)N1CCCN(C(=O)c2ccc(F)cc2)CC1. The van der Waals surface area contributed by atoms with Crippen molar-refractivity contribution >= 4 is 11.9 Å². The van der Waals surface area contributed by atoms with Gasteiger partial charge in [-0.15, -0.1) is 0 Å². The molecule has 1 heterocycles. The molecule has 1 N–H and O–H groups in total. The van der Waals surface area contributed by atoms with Crippen LogP contribution in [-0.4, -0.2) is 54.0 Å². The van der Waals surface area contributed by atoms with E-state index in [2.05, 4.69) is 17.5 Å². The third-order valence-electron chi connectivity index (χ3n) is 4.76. The van der Waals surface area contributed by atoms with Gasteiger partial charge in [0, 0.05) is 37.8 Å². The largest absolute Gasteiger partial charge is 0.337 e. The Balaban J connectivity index is 1.54. The van der Waals surface area contributed by atoms with Gasteiger partial charge in [-0.2, -0.15) is 0 Å². The molecule has 0 bridgehead atoms. The molecule has 134 valence electrons. The van der Waals surface area contributed by atoms with Crippen molar-refractivity contribution in [1.29, 1.82) is 0 Å². The van der Waals surface area contributed by atoms with Gasteiger partial charge in [-0.3, -0.25) is 4.79 Å². The maximum atomic E-state index is 13.0. The average Bonchev–Trinajstić information content (AvgIpc) is 2.89. The van der Waals surface area contributed by atoms with Crippen LogP contribution in [0, 0.1) is 5.82 Å². The summed E-state index contributed by atoms with van der Waals surface area (Å²) in [4.78, 5) is 28.5. The number of carbonyl (C=O) groups excluding carboxylic acids is 2. The minimum atomic E-state index is -0.354. The van der Waals surface area contributed by atoms with Crippen LogP contribution < -0.4 is 5.32 Å². The summed E-state index contributed by atoms with van der Waals surface area (Å²) in [6.07, 6.45) is 7.86. The quantitative estimate of drug-likeness (QED) is 0.838. The Hall–Kier alpha value is -2.37. The third-order valence-corrected chi connectivity index (χ3v) is 4.76. The second-order valence-electron chi connectivity index (χ2n) is 6.57. The number of benzene rings is 1. The van der Waals surface area contributed by atoms with E-state index in [4.69, 9.17) is 0 Å². The Morgan fingerprint density at radius 3 is 2.44 bits per heavy atom. The van der Waals surface area contributed by atoms with E-state index < -0.39 is 0 Å². The molecule has 1 saturated heterocycles. The maximum Gasteiger partial charge on any atom is 0.317 e. The number of hydrogen-bond donors (Lipinski definition) is 1. The lowest BCUT2D eigenvalue weighted by Gasteiger charge is -2.26. The third kappa shape index (κ3) is 4.59. The highest BCUT2D eigenvalue weighted by molar-refractivity contribution is 5.94. The number of amides is 3. The Bertz CT molecular complexity index is 645. The standard InChI is InChI=1S/C19H24FN3O2/c20-16-9-7-15(8-10-16)18(24)22-11-4-12-23(14-13-22)19(25)21-17-5-2-1-3-6-17/h1-2,7-10,17H,3-6,11-14H2,(H,21,25)/t17-/m0/s1. The van der Waals surface area contributed by atoms with E-state index in [1.807, 2.05) is 0 Å². The minimum Gasteiger partial charge on any atom is -0.337 e. The molecule has 3 rings (SSSR count). The average molecular weight is 345 g/mol. The predicted molar refractivity (Wildman–Crippen MR) is 93.8 cm³/mol. The zero-order valence-corrected chi connectivity index (χ0v) is 14.3. The van der Waals surface area contributed by atoms with Crippen molar-refractivity contribution in [3.8, 4) is 0 Å². The van der Waals surface area contributed by atoms with E-state index in [1.54, 1.807) is 9.80 Å². The number of allylic oxidation sites excluding steroid dienone is 1. The molecule has 1 aromatic carbocycles. The molecule has 3 amide bonds. The summed E-state index contributed by atoms with van der Waals surface area (Å²) < 4.78 is 13.0. The van der Waals surface area contributed by atoms with Crippen LogP contribution in [0.3, 0.4) is 0 Å². The number of nitrogens with zero attached hydrogens (tertiary/aromatic N) is 2. The first-order valence-electron chi connectivity index (χ1n) is 8.89. The normalized spacial score (nSPS) is 20.9. The Labute approximate surface area is 147 Å². The molecular formula is C19H24FN3O2. The molecule has 0 saturated carbocycles. The number of halogens is 1. The molecule has 1 aliphatic carbocycles. The van der Waals surface area contributed by atoms with E-state index in [0.717, 1.165) is 25.7 Å². The zero-order chi connectivity index (χ0) is 17.6. The van der Waals surface area contributed by atoms with Gasteiger partial charge in [0.1, 0.15) is 5.82 Å². The summed E-state index contributed by atoms with van der Waals surface area (Å²) in [5.74, 6) is -0.465. The van der Waals surface area contributed by atoms with E-state index >= 15 is 0 Å². The van der Waals surface area contributed by atoms with E-state index in [0.29, 0.717) is 31.7 Å². The van der Waals surface area contributed by atoms with Crippen molar-refractivity contribution in [2.75, 3.05) is 26.2 Å². The van der Waals surface area contributed by atoms with E-state index in [9.17, 15) is 14.0 Å². The summed E-state index contributed by atoms with van der Waals surface area (Å²) in [6.45, 7) is 2.25. The Morgan fingerprint density at radius 1 is 1.00 bits per heavy atom. The smallest absolute Gasteiger partial charge is 0.317 e. The van der Waals surface area contributed by atoms with Gasteiger partial charge in [0.2, 0.25) is 0 Å². The van der Waals surface area contributed by atoms with Crippen molar-refractivity contribution in [3.05, 3.63) is 47.8 Å². The van der Waals surface area contributed by atoms with Crippen LogP contribution in [0.25, 0.3) is 0 Å². The summed E-state index contributed by atoms with van der Waals surface area (Å²) in [5.41, 5.74) is 0.480. The lowest BCUT2D eigenvalue weighted by Crippen LogP contribution is -2.46. The van der Waals surface area contributed by atoms with E-state index in [-0.39, 0.29) is 23.8 Å². The van der Waals surface area contributed by atoms with E-state index in [1.165, 1.54) is 24.3 Å². The molecule has 2 aliphatic rings. The highest BCUT2D eigenvalue weighted by atomic mass is 19.1. The highest BCUT2D eigenvalue weighted by Gasteiger charge is 2.24. The molecule has 0 aromatic heterocycles.